The zero-order valence-corrected chi connectivity index (χ0v) is 11.4. The summed E-state index contributed by atoms with van der Waals surface area (Å²) in [5.41, 5.74) is 3.09. The van der Waals surface area contributed by atoms with Crippen LogP contribution in [0.5, 0.6) is 0 Å². The molecule has 16 heavy (non-hydrogen) atoms. The van der Waals surface area contributed by atoms with Gasteiger partial charge in [-0.25, -0.2) is 0 Å². The van der Waals surface area contributed by atoms with Crippen molar-refractivity contribution in [3.8, 4) is 11.1 Å². The quantitative estimate of drug-likeness (QED) is 0.633. The van der Waals surface area contributed by atoms with Gasteiger partial charge in [0, 0.05) is 4.47 Å². The minimum Gasteiger partial charge on any atom is -0.100 e. The second-order valence-corrected chi connectivity index (χ2v) is 5.32. The maximum atomic E-state index is 5.96. The average molecular weight is 316 g/mol. The Hall–Kier alpha value is -0.500. The van der Waals surface area contributed by atoms with E-state index in [1.54, 1.807) is 0 Å². The Balaban J connectivity index is 2.60. The van der Waals surface area contributed by atoms with Crippen molar-refractivity contribution >= 4 is 39.1 Å². The van der Waals surface area contributed by atoms with Gasteiger partial charge in [-0.1, -0.05) is 58.4 Å². The van der Waals surface area contributed by atoms with Gasteiger partial charge in [0.1, 0.15) is 4.84 Å². The lowest BCUT2D eigenvalue weighted by molar-refractivity contribution is 1.34. The van der Waals surface area contributed by atoms with Gasteiger partial charge in [0.15, 0.2) is 0 Å². The predicted molar refractivity (Wildman–Crippen MR) is 74.0 cm³/mol. The molecule has 0 heterocycles. The largest absolute Gasteiger partial charge is 0.133 e. The number of hydrogen-bond donors (Lipinski definition) is 0. The summed E-state index contributed by atoms with van der Waals surface area (Å²) in [6, 6.07) is 15.9. The Kier molecular flexibility index (Phi) is 3.91. The Morgan fingerprint density at radius 1 is 0.812 bits per heavy atom. The fourth-order valence-electron chi connectivity index (χ4n) is 1.61. The van der Waals surface area contributed by atoms with Crippen LogP contribution < -0.4 is 0 Å². The number of alkyl halides is 2. The third kappa shape index (κ3) is 2.42. The monoisotopic (exact) mass is 314 g/mol. The molecule has 0 unspecified atom stereocenters. The number of benzene rings is 2. The molecule has 0 fully saturated rings. The van der Waals surface area contributed by atoms with Crippen molar-refractivity contribution in [2.75, 3.05) is 0 Å². The van der Waals surface area contributed by atoms with Crippen molar-refractivity contribution in [3.63, 3.8) is 0 Å². The van der Waals surface area contributed by atoms with E-state index in [1.807, 2.05) is 48.5 Å². The van der Waals surface area contributed by atoms with E-state index in [9.17, 15) is 0 Å². The molecule has 0 amide bonds. The van der Waals surface area contributed by atoms with Gasteiger partial charge in [-0.3, -0.25) is 0 Å². The third-order valence-corrected chi connectivity index (χ3v) is 3.52. The molecule has 0 spiro atoms. The summed E-state index contributed by atoms with van der Waals surface area (Å²) in [5.74, 6) is 0. The summed E-state index contributed by atoms with van der Waals surface area (Å²) >= 11 is 15.5. The van der Waals surface area contributed by atoms with Gasteiger partial charge in [0.05, 0.1) is 0 Å². The van der Waals surface area contributed by atoms with Gasteiger partial charge in [-0.15, -0.1) is 23.2 Å². The molecule has 0 radical (unpaired) electrons. The van der Waals surface area contributed by atoms with Crippen molar-refractivity contribution in [1.82, 2.24) is 0 Å². The normalized spacial score (nSPS) is 10.8. The first-order chi connectivity index (χ1) is 7.70. The van der Waals surface area contributed by atoms with Gasteiger partial charge in [0.25, 0.3) is 0 Å². The molecule has 0 saturated heterocycles. The van der Waals surface area contributed by atoms with E-state index in [1.165, 1.54) is 0 Å². The topological polar surface area (TPSA) is 0 Å². The second kappa shape index (κ2) is 5.22. The first kappa shape index (κ1) is 12.0. The maximum Gasteiger partial charge on any atom is 0.133 e. The lowest BCUT2D eigenvalue weighted by Crippen LogP contribution is -1.88. The van der Waals surface area contributed by atoms with E-state index in [0.717, 1.165) is 21.2 Å². The van der Waals surface area contributed by atoms with E-state index < -0.39 is 4.84 Å². The zero-order valence-electron chi connectivity index (χ0n) is 8.33. The van der Waals surface area contributed by atoms with Gasteiger partial charge < -0.3 is 0 Å². The van der Waals surface area contributed by atoms with Crippen LogP contribution in [0.25, 0.3) is 11.1 Å². The summed E-state index contributed by atoms with van der Waals surface area (Å²) in [6.45, 7) is 0. The molecule has 0 N–H and O–H groups in total. The van der Waals surface area contributed by atoms with E-state index in [0.29, 0.717) is 0 Å². The molecule has 2 aromatic carbocycles. The number of halogens is 3. The molecular weight excluding hydrogens is 307 g/mol. The summed E-state index contributed by atoms with van der Waals surface area (Å²) in [7, 11) is 0. The van der Waals surface area contributed by atoms with Crippen molar-refractivity contribution in [1.29, 1.82) is 0 Å². The average Bonchev–Trinajstić information content (AvgIpc) is 2.29. The highest BCUT2D eigenvalue weighted by Gasteiger charge is 2.12. The maximum absolute atomic E-state index is 5.96. The van der Waals surface area contributed by atoms with Crippen LogP contribution in [-0.2, 0) is 0 Å². The summed E-state index contributed by atoms with van der Waals surface area (Å²) in [6.07, 6.45) is 0. The van der Waals surface area contributed by atoms with Crippen molar-refractivity contribution in [3.05, 3.63) is 58.6 Å². The molecule has 0 aliphatic rings. The zero-order chi connectivity index (χ0) is 11.5. The first-order valence-electron chi connectivity index (χ1n) is 4.82. The van der Waals surface area contributed by atoms with Crippen LogP contribution in [0.15, 0.2) is 53.0 Å². The minimum atomic E-state index is -0.511. The molecule has 0 aliphatic carbocycles. The Labute approximate surface area is 113 Å². The van der Waals surface area contributed by atoms with Gasteiger partial charge in [-0.2, -0.15) is 0 Å². The molecule has 0 atom stereocenters. The summed E-state index contributed by atoms with van der Waals surface area (Å²) in [4.78, 5) is -0.511. The molecule has 3 heteroatoms. The molecule has 2 rings (SSSR count). The molecule has 0 saturated carbocycles. The Morgan fingerprint density at radius 3 is 2.00 bits per heavy atom. The van der Waals surface area contributed by atoms with E-state index >= 15 is 0 Å². The fraction of sp³-hybridized carbons (Fsp3) is 0.0769. The smallest absolute Gasteiger partial charge is 0.100 e. The standard InChI is InChI=1S/C13H9BrCl2/c14-12-8-4-3-6-10(12)9-5-1-2-7-11(9)13(15)16/h1-8,13H. The molecule has 0 aromatic heterocycles. The van der Waals surface area contributed by atoms with Crippen LogP contribution in [0.4, 0.5) is 0 Å². The van der Waals surface area contributed by atoms with Crippen LogP contribution in [0, 0.1) is 0 Å². The van der Waals surface area contributed by atoms with Crippen LogP contribution in [0.1, 0.15) is 10.4 Å². The van der Waals surface area contributed by atoms with Crippen LogP contribution in [-0.4, -0.2) is 0 Å². The Bertz CT molecular complexity index is 495. The third-order valence-electron chi connectivity index (χ3n) is 2.36. The summed E-state index contributed by atoms with van der Waals surface area (Å²) in [5, 5.41) is 0. The Morgan fingerprint density at radius 2 is 1.38 bits per heavy atom. The van der Waals surface area contributed by atoms with E-state index in [-0.39, 0.29) is 0 Å². The van der Waals surface area contributed by atoms with Crippen molar-refractivity contribution in [2.45, 2.75) is 4.84 Å². The van der Waals surface area contributed by atoms with Gasteiger partial charge >= 0.3 is 0 Å². The van der Waals surface area contributed by atoms with Crippen LogP contribution in [0.2, 0.25) is 0 Å². The molecule has 2 aromatic rings. The van der Waals surface area contributed by atoms with E-state index in [4.69, 9.17) is 23.2 Å². The molecule has 82 valence electrons. The first-order valence-corrected chi connectivity index (χ1v) is 6.48. The summed E-state index contributed by atoms with van der Waals surface area (Å²) < 4.78 is 1.04. The highest BCUT2D eigenvalue weighted by molar-refractivity contribution is 9.10. The lowest BCUT2D eigenvalue weighted by Gasteiger charge is -2.11. The van der Waals surface area contributed by atoms with Crippen molar-refractivity contribution < 1.29 is 0 Å². The molecule has 0 nitrogen and oxygen atoms in total. The molecular formula is C13H9BrCl2. The van der Waals surface area contributed by atoms with Crippen LogP contribution in [0.3, 0.4) is 0 Å². The highest BCUT2D eigenvalue weighted by atomic mass is 79.9. The SMILES string of the molecule is ClC(Cl)c1ccccc1-c1ccccc1Br. The fourth-order valence-corrected chi connectivity index (χ4v) is 2.49. The second-order valence-electron chi connectivity index (χ2n) is 3.37. The minimum absolute atomic E-state index is 0.511. The highest BCUT2D eigenvalue weighted by Crippen LogP contribution is 2.36. The van der Waals surface area contributed by atoms with Crippen molar-refractivity contribution in [2.24, 2.45) is 0 Å². The lowest BCUT2D eigenvalue weighted by atomic mass is 10.0. The van der Waals surface area contributed by atoms with Gasteiger partial charge in [0.2, 0.25) is 0 Å². The van der Waals surface area contributed by atoms with Gasteiger partial charge in [-0.05, 0) is 22.8 Å². The predicted octanol–water partition coefficient (Wildman–Crippen LogP) is 5.59. The van der Waals surface area contributed by atoms with Crippen LogP contribution >= 0.6 is 39.1 Å². The molecule has 0 aliphatic heterocycles. The molecule has 0 bridgehead atoms. The number of rotatable bonds is 2. The van der Waals surface area contributed by atoms with E-state index in [2.05, 4.69) is 15.9 Å². The number of hydrogen-bond acceptors (Lipinski definition) is 0.